The maximum absolute atomic E-state index is 13.3. The fourth-order valence-electron chi connectivity index (χ4n) is 0.726. The molecule has 0 aromatic heterocycles. The Hall–Kier alpha value is 0.110. The Morgan fingerprint density at radius 2 is 1.18 bits per heavy atom. The SMILES string of the molecule is [2H]C1([2H])N(P(=O)(N2C([2H])([2H])C2([2H])[2H])N2C([2H])([2H])C2([2H])[2H])C1([2H])[2H]. The van der Waals surface area contributed by atoms with Crippen molar-refractivity contribution >= 4 is 7.59 Å². The molecule has 0 atom stereocenters. The summed E-state index contributed by atoms with van der Waals surface area (Å²) in [4.78, 5) is 0. The summed E-state index contributed by atoms with van der Waals surface area (Å²) < 4.78 is 104. The fourth-order valence-corrected chi connectivity index (χ4v) is 2.18. The van der Waals surface area contributed by atoms with Crippen LogP contribution in [0.3, 0.4) is 0 Å². The molecule has 3 heterocycles. The van der Waals surface area contributed by atoms with Crippen molar-refractivity contribution < 1.29 is 21.0 Å². The van der Waals surface area contributed by atoms with Gasteiger partial charge in [0, 0.05) is 55.4 Å². The molecule has 3 aliphatic heterocycles. The van der Waals surface area contributed by atoms with E-state index in [2.05, 4.69) is 0 Å². The molecule has 3 fully saturated rings. The van der Waals surface area contributed by atoms with Gasteiger partial charge in [-0.2, -0.15) is 0 Å². The van der Waals surface area contributed by atoms with Gasteiger partial charge in [0.05, 0.1) is 0 Å². The average Bonchev–Trinajstić information content (AvgIpc) is 2.96. The first-order chi connectivity index (χ1) is 9.85. The lowest BCUT2D eigenvalue weighted by Gasteiger charge is -2.20. The lowest BCUT2D eigenvalue weighted by Crippen LogP contribution is -2.11. The minimum absolute atomic E-state index is 0.0122. The third-order valence-electron chi connectivity index (χ3n) is 1.42. The van der Waals surface area contributed by atoms with E-state index in [0.29, 0.717) is 0 Å². The molecule has 5 heteroatoms. The largest absolute Gasteiger partial charge is 0.287 e. The molecule has 0 aliphatic carbocycles. The van der Waals surface area contributed by atoms with E-state index in [1.165, 1.54) is 0 Å². The summed E-state index contributed by atoms with van der Waals surface area (Å²) in [6.45, 7) is -17.3. The molecule has 0 bridgehead atoms. The highest BCUT2D eigenvalue weighted by molar-refractivity contribution is 7.57. The molecule has 4 nitrogen and oxygen atoms in total. The van der Waals surface area contributed by atoms with Gasteiger partial charge in [-0.25, -0.2) is 14.0 Å². The third kappa shape index (κ3) is 0.905. The summed E-state index contributed by atoms with van der Waals surface area (Å²) in [5.74, 6) is 0. The van der Waals surface area contributed by atoms with E-state index in [0.717, 1.165) is 0 Å². The van der Waals surface area contributed by atoms with Crippen molar-refractivity contribution in [1.82, 2.24) is 14.0 Å². The highest BCUT2D eigenvalue weighted by Gasteiger charge is 2.54. The Morgan fingerprint density at radius 1 is 0.909 bits per heavy atom. The minimum atomic E-state index is -5.08. The van der Waals surface area contributed by atoms with Crippen molar-refractivity contribution in [3.63, 3.8) is 0 Å². The van der Waals surface area contributed by atoms with Gasteiger partial charge >= 0.3 is 0 Å². The van der Waals surface area contributed by atoms with Crippen LogP contribution in [0.2, 0.25) is 0 Å². The van der Waals surface area contributed by atoms with Crippen molar-refractivity contribution in [2.24, 2.45) is 0 Å². The Bertz CT molecular complexity index is 519. The topological polar surface area (TPSA) is 26.1 Å². The summed E-state index contributed by atoms with van der Waals surface area (Å²) >= 11 is 0. The van der Waals surface area contributed by atoms with Crippen molar-refractivity contribution in [1.29, 1.82) is 0 Å². The molecule has 62 valence electrons. The van der Waals surface area contributed by atoms with Crippen LogP contribution in [-0.4, -0.2) is 53.0 Å². The number of nitrogens with zero attached hydrogens (tertiary/aromatic N) is 3. The zero-order valence-corrected chi connectivity index (χ0v) is 6.09. The Labute approximate surface area is 83.1 Å². The molecule has 0 aromatic rings. The van der Waals surface area contributed by atoms with Gasteiger partial charge in [0.25, 0.3) is 7.59 Å². The molecule has 0 spiro atoms. The van der Waals surface area contributed by atoms with Crippen LogP contribution in [0.15, 0.2) is 0 Å². The highest BCUT2D eigenvalue weighted by atomic mass is 31.2. The molecule has 0 amide bonds. The summed E-state index contributed by atoms with van der Waals surface area (Å²) in [5.41, 5.74) is 0. The summed E-state index contributed by atoms with van der Waals surface area (Å²) in [6.07, 6.45) is 0. The molecule has 0 radical (unpaired) electrons. The summed E-state index contributed by atoms with van der Waals surface area (Å²) in [5, 5.41) is 0. The van der Waals surface area contributed by atoms with Crippen molar-refractivity contribution in [2.75, 3.05) is 39.0 Å². The molecular formula is C6H12N3OP. The second kappa shape index (κ2) is 1.88. The van der Waals surface area contributed by atoms with Crippen LogP contribution in [0.1, 0.15) is 16.4 Å². The normalized spacial score (nSPS) is 76.0. The zero-order valence-electron chi connectivity index (χ0n) is 17.2. The van der Waals surface area contributed by atoms with Crippen LogP contribution >= 0.6 is 7.59 Å². The highest BCUT2D eigenvalue weighted by Crippen LogP contribution is 2.65. The summed E-state index contributed by atoms with van der Waals surface area (Å²) in [6, 6.07) is 0. The van der Waals surface area contributed by atoms with Crippen molar-refractivity contribution in [3.05, 3.63) is 0 Å². The van der Waals surface area contributed by atoms with Gasteiger partial charge in [-0.05, 0) is 0 Å². The minimum Gasteiger partial charge on any atom is -0.270 e. The average molecular weight is 185 g/mol. The molecule has 0 saturated carbocycles. The molecule has 0 aromatic carbocycles. The Morgan fingerprint density at radius 3 is 1.36 bits per heavy atom. The van der Waals surface area contributed by atoms with Gasteiger partial charge in [-0.3, -0.25) is 4.57 Å². The van der Waals surface area contributed by atoms with Crippen molar-refractivity contribution in [3.8, 4) is 0 Å². The van der Waals surface area contributed by atoms with E-state index < -0.39 is 46.6 Å². The molecule has 0 N–H and O–H groups in total. The first-order valence-electron chi connectivity index (χ1n) is 8.87. The van der Waals surface area contributed by atoms with Gasteiger partial charge in [0.1, 0.15) is 0 Å². The van der Waals surface area contributed by atoms with E-state index in [-0.39, 0.29) is 14.0 Å². The molecule has 3 aliphatic rings. The first kappa shape index (κ1) is 1.80. The predicted octanol–water partition coefficient (Wildman–Crippen LogP) is 0.0413. The van der Waals surface area contributed by atoms with E-state index in [4.69, 9.17) is 16.4 Å². The van der Waals surface area contributed by atoms with Crippen LogP contribution in [-0.2, 0) is 4.57 Å². The van der Waals surface area contributed by atoms with Gasteiger partial charge in [0.15, 0.2) is 0 Å². The van der Waals surface area contributed by atoms with Gasteiger partial charge in [-0.1, -0.05) is 0 Å². The van der Waals surface area contributed by atoms with E-state index >= 15 is 0 Å². The maximum Gasteiger partial charge on any atom is 0.287 e. The Balaban J connectivity index is 2.15. The second-order valence-electron chi connectivity index (χ2n) is 2.12. The van der Waals surface area contributed by atoms with Crippen molar-refractivity contribution in [2.45, 2.75) is 0 Å². The van der Waals surface area contributed by atoms with Gasteiger partial charge in [-0.15, -0.1) is 0 Å². The van der Waals surface area contributed by atoms with Crippen LogP contribution < -0.4 is 0 Å². The van der Waals surface area contributed by atoms with Crippen LogP contribution in [0.5, 0.6) is 0 Å². The molecule has 0 unspecified atom stereocenters. The molecule has 3 saturated heterocycles. The van der Waals surface area contributed by atoms with E-state index in [1.807, 2.05) is 0 Å². The van der Waals surface area contributed by atoms with Crippen LogP contribution in [0.25, 0.3) is 0 Å². The smallest absolute Gasteiger partial charge is 0.270 e. The summed E-state index contributed by atoms with van der Waals surface area (Å²) in [7, 11) is -5.08. The number of rotatable bonds is 3. The zero-order chi connectivity index (χ0) is 18.2. The number of hydrogen-bond donors (Lipinski definition) is 0. The lowest BCUT2D eigenvalue weighted by atomic mass is 11.0. The molecule has 3 rings (SSSR count). The maximum atomic E-state index is 13.3. The van der Waals surface area contributed by atoms with Gasteiger partial charge in [0.2, 0.25) is 0 Å². The first-order valence-corrected chi connectivity index (χ1v) is 4.44. The van der Waals surface area contributed by atoms with Gasteiger partial charge < -0.3 is 0 Å². The number of hydrogen-bond acceptors (Lipinski definition) is 1. The molecule has 11 heavy (non-hydrogen) atoms. The Kier molecular flexibility index (Phi) is 0.308. The second-order valence-corrected chi connectivity index (χ2v) is 4.35. The fraction of sp³-hybridized carbons (Fsp3) is 1.00. The monoisotopic (exact) mass is 185 g/mol. The van der Waals surface area contributed by atoms with E-state index in [9.17, 15) is 4.57 Å². The standard InChI is InChI=1S/C6H12N3OP/c10-11(7-1-2-7,8-3-4-8)9-5-6-9/h1-6H2/i1D2,2D2,3D2,4D2,5D2,6D2. The van der Waals surface area contributed by atoms with Crippen LogP contribution in [0.4, 0.5) is 0 Å². The third-order valence-corrected chi connectivity index (χ3v) is 3.58. The quantitative estimate of drug-likeness (QED) is 0.458. The van der Waals surface area contributed by atoms with E-state index in [1.54, 1.807) is 0 Å². The lowest BCUT2D eigenvalue weighted by molar-refractivity contribution is 0.481. The molecular weight excluding hydrogens is 161 g/mol. The van der Waals surface area contributed by atoms with Crippen LogP contribution in [0, 0.1) is 0 Å². The predicted molar refractivity (Wildman–Crippen MR) is 42.3 cm³/mol.